The van der Waals surface area contributed by atoms with Crippen molar-refractivity contribution in [3.05, 3.63) is 56.5 Å². The molecule has 1 N–H and O–H groups in total. The average Bonchev–Trinajstić information content (AvgIpc) is 3.03. The van der Waals surface area contributed by atoms with Gasteiger partial charge in [-0.25, -0.2) is 9.36 Å². The molecule has 1 aromatic carbocycles. The van der Waals surface area contributed by atoms with Crippen molar-refractivity contribution in [3.63, 3.8) is 0 Å². The molecule has 0 aliphatic rings. The van der Waals surface area contributed by atoms with Crippen LogP contribution in [0.3, 0.4) is 0 Å². The van der Waals surface area contributed by atoms with E-state index in [1.54, 1.807) is 0 Å². The maximum Gasteiger partial charge on any atom is 0.431 e. The van der Waals surface area contributed by atoms with E-state index >= 15 is 0 Å². The number of ketones is 1. The number of nitrogens with zero attached hydrogens (tertiary/aromatic N) is 3. The Bertz CT molecular complexity index is 1270. The van der Waals surface area contributed by atoms with E-state index < -0.39 is 40.8 Å². The van der Waals surface area contributed by atoms with Gasteiger partial charge in [0.2, 0.25) is 0 Å². The highest BCUT2D eigenvalue weighted by molar-refractivity contribution is 7.13. The summed E-state index contributed by atoms with van der Waals surface area (Å²) in [6, 6.07) is 4.58. The van der Waals surface area contributed by atoms with Gasteiger partial charge in [0.05, 0.1) is 16.1 Å². The molecular formula is C18H14F3N3O5S. The van der Waals surface area contributed by atoms with Crippen molar-refractivity contribution in [2.45, 2.75) is 19.5 Å². The number of Topliss-reactive ketones (excluding diaryl/α,β-unsaturated/α-hetero) is 1. The lowest BCUT2D eigenvalue weighted by Crippen LogP contribution is -2.40. The molecule has 0 saturated carbocycles. The zero-order chi connectivity index (χ0) is 22.4. The first-order valence-electron chi connectivity index (χ1n) is 8.44. The summed E-state index contributed by atoms with van der Waals surface area (Å²) >= 11 is 1.03. The van der Waals surface area contributed by atoms with Gasteiger partial charge in [-0.3, -0.25) is 19.0 Å². The molecule has 0 spiro atoms. The summed E-state index contributed by atoms with van der Waals surface area (Å²) in [4.78, 5) is 47.6. The third-order valence-electron chi connectivity index (χ3n) is 4.58. The van der Waals surface area contributed by atoms with Crippen LogP contribution in [0, 0.1) is 5.92 Å². The molecule has 0 bridgehead atoms. The quantitative estimate of drug-likeness (QED) is 0.607. The Morgan fingerprint density at radius 2 is 1.90 bits per heavy atom. The van der Waals surface area contributed by atoms with E-state index in [4.69, 9.17) is 0 Å². The third-order valence-corrected chi connectivity index (χ3v) is 5.45. The average molecular weight is 441 g/mol. The molecule has 1 atom stereocenters. The summed E-state index contributed by atoms with van der Waals surface area (Å²) < 4.78 is 44.7. The Morgan fingerprint density at radius 3 is 2.47 bits per heavy atom. The van der Waals surface area contributed by atoms with Gasteiger partial charge in [-0.1, -0.05) is 0 Å². The molecule has 3 aromatic rings. The highest BCUT2D eigenvalue weighted by Gasteiger charge is 2.35. The molecule has 3 rings (SSSR count). The van der Waals surface area contributed by atoms with Crippen molar-refractivity contribution >= 4 is 33.4 Å². The van der Waals surface area contributed by atoms with E-state index in [1.165, 1.54) is 18.2 Å². The van der Waals surface area contributed by atoms with Crippen LogP contribution in [0.4, 0.5) is 13.2 Å². The van der Waals surface area contributed by atoms with Crippen LogP contribution in [0.1, 0.15) is 18.3 Å². The molecule has 0 saturated heterocycles. The second-order valence-corrected chi connectivity index (χ2v) is 7.36. The predicted molar refractivity (Wildman–Crippen MR) is 101 cm³/mol. The SMILES string of the molecule is CC(=O)C(Cc1nsc2ccc(-n3c(=O)cc(C(F)(F)F)n(C)c3=O)cc12)C(=O)O. The predicted octanol–water partition coefficient (Wildman–Crippen LogP) is 2.00. The number of alkyl halides is 3. The number of carboxylic acid groups (broad SMARTS) is 1. The zero-order valence-corrected chi connectivity index (χ0v) is 16.4. The number of benzene rings is 1. The number of carbonyl (C=O) groups excluding carboxylic acids is 1. The van der Waals surface area contributed by atoms with Crippen LogP contribution in [0.25, 0.3) is 15.8 Å². The molecule has 0 amide bonds. The van der Waals surface area contributed by atoms with Gasteiger partial charge < -0.3 is 5.11 Å². The molecule has 2 heterocycles. The number of carbonyl (C=O) groups is 2. The van der Waals surface area contributed by atoms with Crippen LogP contribution in [0.5, 0.6) is 0 Å². The molecule has 0 aliphatic heterocycles. The Kier molecular flexibility index (Phi) is 5.37. The molecular weight excluding hydrogens is 427 g/mol. The van der Waals surface area contributed by atoms with Crippen LogP contribution in [0.15, 0.2) is 33.9 Å². The van der Waals surface area contributed by atoms with Crippen molar-refractivity contribution < 1.29 is 27.9 Å². The molecule has 0 aliphatic carbocycles. The van der Waals surface area contributed by atoms with Gasteiger partial charge >= 0.3 is 17.8 Å². The first kappa shape index (κ1) is 21.4. The molecule has 12 heteroatoms. The van der Waals surface area contributed by atoms with Crippen molar-refractivity contribution in [1.82, 2.24) is 13.5 Å². The fourth-order valence-corrected chi connectivity index (χ4v) is 3.78. The summed E-state index contributed by atoms with van der Waals surface area (Å²) in [7, 11) is 0.904. The molecule has 30 heavy (non-hydrogen) atoms. The number of rotatable bonds is 5. The second-order valence-electron chi connectivity index (χ2n) is 6.56. The van der Waals surface area contributed by atoms with E-state index in [0.29, 0.717) is 25.3 Å². The Hall–Kier alpha value is -3.28. The van der Waals surface area contributed by atoms with Crippen LogP contribution in [0.2, 0.25) is 0 Å². The van der Waals surface area contributed by atoms with Crippen LogP contribution >= 0.6 is 11.5 Å². The Balaban J connectivity index is 2.17. The monoisotopic (exact) mass is 441 g/mol. The maximum atomic E-state index is 13.0. The zero-order valence-electron chi connectivity index (χ0n) is 15.6. The van der Waals surface area contributed by atoms with Gasteiger partial charge in [-0.05, 0) is 36.7 Å². The smallest absolute Gasteiger partial charge is 0.431 e. The largest absolute Gasteiger partial charge is 0.481 e. The minimum atomic E-state index is -4.88. The van der Waals surface area contributed by atoms with Crippen molar-refractivity contribution in [3.8, 4) is 5.69 Å². The van der Waals surface area contributed by atoms with E-state index in [9.17, 15) is 37.5 Å². The number of hydrogen-bond acceptors (Lipinski definition) is 6. The second kappa shape index (κ2) is 7.52. The molecule has 1 unspecified atom stereocenters. The normalized spacial score (nSPS) is 12.8. The Labute approximate surface area is 170 Å². The minimum absolute atomic E-state index is 0.00188. The van der Waals surface area contributed by atoms with Gasteiger partial charge in [-0.2, -0.15) is 17.5 Å². The highest BCUT2D eigenvalue weighted by Crippen LogP contribution is 2.28. The molecule has 8 nitrogen and oxygen atoms in total. The highest BCUT2D eigenvalue weighted by atomic mass is 32.1. The van der Waals surface area contributed by atoms with Crippen molar-refractivity contribution in [2.75, 3.05) is 0 Å². The lowest BCUT2D eigenvalue weighted by Gasteiger charge is -2.14. The lowest BCUT2D eigenvalue weighted by molar-refractivity contribution is -0.146. The number of aromatic nitrogens is 3. The summed E-state index contributed by atoms with van der Waals surface area (Å²) in [6.07, 6.45) is -5.08. The number of aliphatic carboxylic acids is 1. The molecule has 2 aromatic heterocycles. The molecule has 0 fully saturated rings. The first-order valence-corrected chi connectivity index (χ1v) is 9.21. The number of hydrogen-bond donors (Lipinski definition) is 1. The third kappa shape index (κ3) is 3.77. The summed E-state index contributed by atoms with van der Waals surface area (Å²) in [5.74, 6) is -3.19. The van der Waals surface area contributed by atoms with Gasteiger partial charge in [0.1, 0.15) is 17.4 Å². The topological polar surface area (TPSA) is 111 Å². The van der Waals surface area contributed by atoms with Crippen LogP contribution < -0.4 is 11.2 Å². The van der Waals surface area contributed by atoms with E-state index in [-0.39, 0.29) is 17.8 Å². The van der Waals surface area contributed by atoms with Crippen LogP contribution in [-0.4, -0.2) is 30.4 Å². The first-order chi connectivity index (χ1) is 13.9. The van der Waals surface area contributed by atoms with E-state index in [1.807, 2.05) is 0 Å². The maximum absolute atomic E-state index is 13.0. The van der Waals surface area contributed by atoms with E-state index in [2.05, 4.69) is 4.37 Å². The van der Waals surface area contributed by atoms with Gasteiger partial charge in [-0.15, -0.1) is 0 Å². The number of carboxylic acids is 1. The fourth-order valence-electron chi connectivity index (χ4n) is 3.00. The van der Waals surface area contributed by atoms with Gasteiger partial charge in [0.25, 0.3) is 5.56 Å². The van der Waals surface area contributed by atoms with Crippen molar-refractivity contribution in [1.29, 1.82) is 0 Å². The lowest BCUT2D eigenvalue weighted by atomic mass is 9.98. The fraction of sp³-hybridized carbons (Fsp3) is 0.278. The molecule has 158 valence electrons. The summed E-state index contributed by atoms with van der Waals surface area (Å²) in [5, 5.41) is 9.62. The van der Waals surface area contributed by atoms with Gasteiger partial charge in [0.15, 0.2) is 0 Å². The summed E-state index contributed by atoms with van der Waals surface area (Å²) in [5.41, 5.74) is -3.46. The number of halogens is 3. The van der Waals surface area contributed by atoms with E-state index in [0.717, 1.165) is 25.5 Å². The summed E-state index contributed by atoms with van der Waals surface area (Å²) in [6.45, 7) is 1.14. The standard InChI is InChI=1S/C18H14F3N3O5S/c1-8(25)10(16(27)28)6-12-11-5-9(3-4-13(11)30-22-12)24-15(26)7-14(18(19,20)21)23(2)17(24)29/h3-5,7,10H,6H2,1-2H3,(H,27,28). The molecule has 0 radical (unpaired) electrons. The minimum Gasteiger partial charge on any atom is -0.481 e. The Morgan fingerprint density at radius 1 is 1.23 bits per heavy atom. The van der Waals surface area contributed by atoms with Gasteiger partial charge in [0, 0.05) is 24.9 Å². The number of fused-ring (bicyclic) bond motifs is 1. The van der Waals surface area contributed by atoms with Crippen LogP contribution in [-0.2, 0) is 29.2 Å². The van der Waals surface area contributed by atoms with Crippen molar-refractivity contribution in [2.24, 2.45) is 13.0 Å².